The van der Waals surface area contributed by atoms with Crippen LogP contribution in [0.2, 0.25) is 0 Å². The standard InChI is InChI=1S/C9H19NOS/c1-7-5-6-9(12,10(3)4)8(2)11-7/h7-8,12H,5-6H2,1-4H3/t7-,8+,9-/m0/s1. The summed E-state index contributed by atoms with van der Waals surface area (Å²) in [4.78, 5) is 2.07. The quantitative estimate of drug-likeness (QED) is 0.498. The van der Waals surface area contributed by atoms with Crippen LogP contribution in [0.25, 0.3) is 0 Å². The third kappa shape index (κ3) is 1.78. The van der Waals surface area contributed by atoms with Crippen molar-refractivity contribution in [1.82, 2.24) is 4.90 Å². The lowest BCUT2D eigenvalue weighted by Crippen LogP contribution is -2.53. The monoisotopic (exact) mass is 189 g/mol. The predicted octanol–water partition coefficient (Wildman–Crippen LogP) is 1.76. The lowest BCUT2D eigenvalue weighted by Gasteiger charge is -2.45. The van der Waals surface area contributed by atoms with Crippen LogP contribution in [0.5, 0.6) is 0 Å². The zero-order valence-electron chi connectivity index (χ0n) is 8.37. The second kappa shape index (κ2) is 3.56. The first kappa shape index (κ1) is 10.4. The fourth-order valence-electron chi connectivity index (χ4n) is 1.73. The van der Waals surface area contributed by atoms with Crippen LogP contribution < -0.4 is 0 Å². The summed E-state index contributed by atoms with van der Waals surface area (Å²) >= 11 is 4.68. The third-order valence-corrected chi connectivity index (χ3v) is 3.77. The maximum absolute atomic E-state index is 5.74. The maximum Gasteiger partial charge on any atom is 0.0899 e. The molecule has 0 unspecified atom stereocenters. The van der Waals surface area contributed by atoms with Crippen LogP contribution in [0.3, 0.4) is 0 Å². The molecule has 3 atom stereocenters. The molecule has 0 saturated carbocycles. The third-order valence-electron chi connectivity index (χ3n) is 2.78. The Bertz CT molecular complexity index is 163. The normalized spacial score (nSPS) is 43.5. The molecule has 0 bridgehead atoms. The number of thiol groups is 1. The molecule has 72 valence electrons. The lowest BCUT2D eigenvalue weighted by molar-refractivity contribution is -0.0847. The van der Waals surface area contributed by atoms with Crippen LogP contribution in [-0.2, 0) is 4.74 Å². The van der Waals surface area contributed by atoms with Gasteiger partial charge < -0.3 is 4.74 Å². The van der Waals surface area contributed by atoms with E-state index in [-0.39, 0.29) is 11.0 Å². The van der Waals surface area contributed by atoms with E-state index in [1.807, 2.05) is 0 Å². The summed E-state index contributed by atoms with van der Waals surface area (Å²) in [5.41, 5.74) is 0. The minimum absolute atomic E-state index is 0.0769. The molecule has 1 heterocycles. The highest BCUT2D eigenvalue weighted by molar-refractivity contribution is 7.81. The topological polar surface area (TPSA) is 12.5 Å². The van der Waals surface area contributed by atoms with E-state index in [9.17, 15) is 0 Å². The zero-order chi connectivity index (χ0) is 9.35. The van der Waals surface area contributed by atoms with Gasteiger partial charge in [-0.05, 0) is 40.8 Å². The number of hydrogen-bond donors (Lipinski definition) is 1. The van der Waals surface area contributed by atoms with Gasteiger partial charge in [0.2, 0.25) is 0 Å². The van der Waals surface area contributed by atoms with E-state index in [0.717, 1.165) is 12.8 Å². The van der Waals surface area contributed by atoms with Gasteiger partial charge in [-0.2, -0.15) is 12.6 Å². The molecule has 0 spiro atoms. The Kier molecular flexibility index (Phi) is 3.07. The lowest BCUT2D eigenvalue weighted by atomic mass is 9.98. The molecule has 2 nitrogen and oxygen atoms in total. The predicted molar refractivity (Wildman–Crippen MR) is 54.6 cm³/mol. The first-order valence-electron chi connectivity index (χ1n) is 4.52. The van der Waals surface area contributed by atoms with E-state index in [1.54, 1.807) is 0 Å². The van der Waals surface area contributed by atoms with Gasteiger partial charge >= 0.3 is 0 Å². The molecule has 1 aliphatic heterocycles. The van der Waals surface area contributed by atoms with Crippen molar-refractivity contribution in [2.24, 2.45) is 0 Å². The molecule has 0 radical (unpaired) electrons. The number of ether oxygens (including phenoxy) is 1. The van der Waals surface area contributed by atoms with Crippen molar-refractivity contribution in [1.29, 1.82) is 0 Å². The smallest absolute Gasteiger partial charge is 0.0899 e. The molecule has 0 aromatic carbocycles. The summed E-state index contributed by atoms with van der Waals surface area (Å²) in [6.45, 7) is 4.22. The second-order valence-electron chi connectivity index (χ2n) is 3.90. The highest BCUT2D eigenvalue weighted by atomic mass is 32.1. The molecular formula is C9H19NOS. The van der Waals surface area contributed by atoms with Gasteiger partial charge in [0.15, 0.2) is 0 Å². The van der Waals surface area contributed by atoms with Crippen molar-refractivity contribution in [2.75, 3.05) is 14.1 Å². The summed E-state index contributed by atoms with van der Waals surface area (Å²) in [5.74, 6) is 0. The minimum Gasteiger partial charge on any atom is -0.373 e. The molecule has 1 aliphatic rings. The van der Waals surface area contributed by atoms with E-state index in [4.69, 9.17) is 4.74 Å². The van der Waals surface area contributed by atoms with Crippen LogP contribution >= 0.6 is 12.6 Å². The Morgan fingerprint density at radius 3 is 2.42 bits per heavy atom. The zero-order valence-corrected chi connectivity index (χ0v) is 9.27. The Morgan fingerprint density at radius 1 is 1.42 bits per heavy atom. The molecule has 1 saturated heterocycles. The van der Waals surface area contributed by atoms with E-state index in [1.165, 1.54) is 0 Å². The first-order chi connectivity index (χ1) is 5.47. The molecule has 0 aromatic heterocycles. The Balaban J connectivity index is 2.66. The molecule has 1 rings (SSSR count). The van der Waals surface area contributed by atoms with Crippen molar-refractivity contribution in [3.05, 3.63) is 0 Å². The Hall–Kier alpha value is 0.270. The highest BCUT2D eigenvalue weighted by Crippen LogP contribution is 2.35. The Morgan fingerprint density at radius 2 is 2.00 bits per heavy atom. The van der Waals surface area contributed by atoms with Crippen molar-refractivity contribution in [3.8, 4) is 0 Å². The molecule has 1 fully saturated rings. The van der Waals surface area contributed by atoms with Crippen LogP contribution in [0.15, 0.2) is 0 Å². The molecular weight excluding hydrogens is 170 g/mol. The minimum atomic E-state index is -0.0769. The molecule has 3 heteroatoms. The molecule has 0 amide bonds. The van der Waals surface area contributed by atoms with Crippen LogP contribution in [0.1, 0.15) is 26.7 Å². The fourth-order valence-corrected chi connectivity index (χ4v) is 1.92. The summed E-state index contributed by atoms with van der Waals surface area (Å²) in [7, 11) is 4.12. The summed E-state index contributed by atoms with van der Waals surface area (Å²) in [5, 5.41) is 0. The summed E-state index contributed by atoms with van der Waals surface area (Å²) < 4.78 is 5.74. The van der Waals surface area contributed by atoms with Crippen LogP contribution in [-0.4, -0.2) is 36.1 Å². The molecule has 12 heavy (non-hydrogen) atoms. The van der Waals surface area contributed by atoms with Crippen LogP contribution in [0, 0.1) is 0 Å². The van der Waals surface area contributed by atoms with Crippen molar-refractivity contribution < 1.29 is 4.74 Å². The molecule has 0 aromatic rings. The van der Waals surface area contributed by atoms with Gasteiger partial charge in [0.1, 0.15) is 0 Å². The van der Waals surface area contributed by atoms with E-state index in [0.29, 0.717) is 6.10 Å². The summed E-state index contributed by atoms with van der Waals surface area (Å²) in [6.07, 6.45) is 2.80. The largest absolute Gasteiger partial charge is 0.373 e. The number of nitrogens with zero attached hydrogens (tertiary/aromatic N) is 1. The van der Waals surface area contributed by atoms with Crippen molar-refractivity contribution >= 4 is 12.6 Å². The van der Waals surface area contributed by atoms with Gasteiger partial charge in [-0.3, -0.25) is 4.90 Å². The average molecular weight is 189 g/mol. The Labute approximate surface area is 80.7 Å². The fraction of sp³-hybridized carbons (Fsp3) is 1.00. The van der Waals surface area contributed by atoms with Crippen molar-refractivity contribution in [3.63, 3.8) is 0 Å². The van der Waals surface area contributed by atoms with Crippen LogP contribution in [0.4, 0.5) is 0 Å². The molecule has 0 aliphatic carbocycles. The number of rotatable bonds is 1. The van der Waals surface area contributed by atoms with Gasteiger partial charge in [0, 0.05) is 0 Å². The second-order valence-corrected chi connectivity index (χ2v) is 4.68. The van der Waals surface area contributed by atoms with Gasteiger partial charge in [-0.25, -0.2) is 0 Å². The number of likely N-dealkylation sites (N-methyl/N-ethyl adjacent to an activating group) is 1. The van der Waals surface area contributed by atoms with Crippen molar-refractivity contribution in [2.45, 2.75) is 43.8 Å². The highest BCUT2D eigenvalue weighted by Gasteiger charge is 2.39. The maximum atomic E-state index is 5.74. The van der Waals surface area contributed by atoms with Gasteiger partial charge in [0.25, 0.3) is 0 Å². The van der Waals surface area contributed by atoms with Gasteiger partial charge in [-0.1, -0.05) is 0 Å². The summed E-state index contributed by atoms with van der Waals surface area (Å²) in [6, 6.07) is 0. The SMILES string of the molecule is C[C@H]1CC[C@@](S)(N(C)C)[C@@H](C)O1. The van der Waals surface area contributed by atoms with E-state index in [2.05, 4.69) is 45.5 Å². The average Bonchev–Trinajstić information content (AvgIpc) is 1.97. The first-order valence-corrected chi connectivity index (χ1v) is 4.97. The number of hydrogen-bond acceptors (Lipinski definition) is 3. The van der Waals surface area contributed by atoms with Gasteiger partial charge in [-0.15, -0.1) is 0 Å². The molecule has 0 N–H and O–H groups in total. The van der Waals surface area contributed by atoms with E-state index >= 15 is 0 Å². The van der Waals surface area contributed by atoms with E-state index < -0.39 is 0 Å². The van der Waals surface area contributed by atoms with Gasteiger partial charge in [0.05, 0.1) is 17.1 Å².